The second-order valence-corrected chi connectivity index (χ2v) is 2.43. The quantitative estimate of drug-likeness (QED) is 0.740. The lowest BCUT2D eigenvalue weighted by Crippen LogP contribution is -2.19. The predicted octanol–water partition coefficient (Wildman–Crippen LogP) is 1.40. The normalized spacial score (nSPS) is 12.5. The standard InChI is InChI=1S/C9H11FO2/c10-6-8(11)7-12-9-4-2-1-3-5-9/h1-5,8,11H,6-7H2/t8-/m0/s1. The third kappa shape index (κ3) is 2.88. The molecule has 0 bridgehead atoms. The van der Waals surface area contributed by atoms with Gasteiger partial charge in [-0.15, -0.1) is 0 Å². The number of aliphatic hydroxyl groups is 1. The van der Waals surface area contributed by atoms with E-state index in [1.165, 1.54) is 0 Å². The number of rotatable bonds is 4. The molecule has 2 nitrogen and oxygen atoms in total. The molecule has 0 amide bonds. The van der Waals surface area contributed by atoms with Crippen LogP contribution in [0.5, 0.6) is 5.75 Å². The molecule has 1 rings (SSSR count). The first kappa shape index (κ1) is 9.00. The second-order valence-electron chi connectivity index (χ2n) is 2.43. The molecule has 1 aromatic rings. The van der Waals surface area contributed by atoms with Crippen LogP contribution in [0.3, 0.4) is 0 Å². The lowest BCUT2D eigenvalue weighted by atomic mass is 10.3. The van der Waals surface area contributed by atoms with E-state index < -0.39 is 12.8 Å². The molecule has 0 unspecified atom stereocenters. The minimum Gasteiger partial charge on any atom is -0.491 e. The topological polar surface area (TPSA) is 29.5 Å². The Bertz CT molecular complexity index is 213. The van der Waals surface area contributed by atoms with Crippen LogP contribution < -0.4 is 4.74 Å². The van der Waals surface area contributed by atoms with Gasteiger partial charge < -0.3 is 9.84 Å². The number of alkyl halides is 1. The summed E-state index contributed by atoms with van der Waals surface area (Å²) in [6.07, 6.45) is -1.02. The number of benzene rings is 1. The van der Waals surface area contributed by atoms with Crippen LogP contribution in [0.25, 0.3) is 0 Å². The molecular weight excluding hydrogens is 159 g/mol. The number of halogens is 1. The molecule has 0 saturated heterocycles. The minimum atomic E-state index is -1.02. The zero-order valence-electron chi connectivity index (χ0n) is 6.61. The van der Waals surface area contributed by atoms with Gasteiger partial charge in [0.15, 0.2) is 0 Å². The van der Waals surface area contributed by atoms with E-state index in [-0.39, 0.29) is 6.61 Å². The summed E-state index contributed by atoms with van der Waals surface area (Å²) >= 11 is 0. The van der Waals surface area contributed by atoms with E-state index >= 15 is 0 Å². The largest absolute Gasteiger partial charge is 0.491 e. The number of ether oxygens (including phenoxy) is 1. The van der Waals surface area contributed by atoms with Crippen molar-refractivity contribution in [2.45, 2.75) is 6.10 Å². The monoisotopic (exact) mass is 170 g/mol. The number of aliphatic hydroxyl groups excluding tert-OH is 1. The van der Waals surface area contributed by atoms with Crippen molar-refractivity contribution in [3.63, 3.8) is 0 Å². The third-order valence-electron chi connectivity index (χ3n) is 1.36. The first-order valence-electron chi connectivity index (χ1n) is 3.75. The maximum absolute atomic E-state index is 11.8. The van der Waals surface area contributed by atoms with Crippen molar-refractivity contribution in [1.82, 2.24) is 0 Å². The van der Waals surface area contributed by atoms with Crippen molar-refractivity contribution < 1.29 is 14.2 Å². The summed E-state index contributed by atoms with van der Waals surface area (Å²) in [5.41, 5.74) is 0. The van der Waals surface area contributed by atoms with E-state index in [1.54, 1.807) is 12.1 Å². The van der Waals surface area contributed by atoms with Gasteiger partial charge in [0, 0.05) is 0 Å². The summed E-state index contributed by atoms with van der Waals surface area (Å²) in [7, 11) is 0. The van der Waals surface area contributed by atoms with Crippen LogP contribution in [-0.4, -0.2) is 24.5 Å². The Hall–Kier alpha value is -1.09. The van der Waals surface area contributed by atoms with Crippen LogP contribution in [-0.2, 0) is 0 Å². The highest BCUT2D eigenvalue weighted by Crippen LogP contribution is 2.08. The van der Waals surface area contributed by atoms with Gasteiger partial charge in [0.1, 0.15) is 25.1 Å². The molecule has 3 heteroatoms. The average Bonchev–Trinajstić information content (AvgIpc) is 2.16. The lowest BCUT2D eigenvalue weighted by molar-refractivity contribution is 0.0842. The van der Waals surface area contributed by atoms with Gasteiger partial charge in [-0.3, -0.25) is 0 Å². The van der Waals surface area contributed by atoms with Gasteiger partial charge >= 0.3 is 0 Å². The maximum Gasteiger partial charge on any atom is 0.119 e. The summed E-state index contributed by atoms with van der Waals surface area (Å²) in [6.45, 7) is -0.770. The smallest absolute Gasteiger partial charge is 0.119 e. The van der Waals surface area contributed by atoms with Crippen molar-refractivity contribution in [2.75, 3.05) is 13.3 Å². The SMILES string of the molecule is O[C@@H](CF)COc1ccccc1. The van der Waals surface area contributed by atoms with Gasteiger partial charge in [-0.2, -0.15) is 0 Å². The maximum atomic E-state index is 11.8. The van der Waals surface area contributed by atoms with E-state index in [2.05, 4.69) is 0 Å². The van der Waals surface area contributed by atoms with E-state index in [1.807, 2.05) is 18.2 Å². The highest BCUT2D eigenvalue weighted by Gasteiger charge is 2.02. The average molecular weight is 170 g/mol. The third-order valence-corrected chi connectivity index (χ3v) is 1.36. The fraction of sp³-hybridized carbons (Fsp3) is 0.333. The molecule has 1 atom stereocenters. The first-order chi connectivity index (χ1) is 5.83. The highest BCUT2D eigenvalue weighted by atomic mass is 19.1. The van der Waals surface area contributed by atoms with Crippen molar-refractivity contribution in [2.24, 2.45) is 0 Å². The van der Waals surface area contributed by atoms with Crippen LogP contribution in [0.4, 0.5) is 4.39 Å². The Morgan fingerprint density at radius 2 is 2.00 bits per heavy atom. The van der Waals surface area contributed by atoms with Gasteiger partial charge in [-0.05, 0) is 12.1 Å². The van der Waals surface area contributed by atoms with E-state index in [4.69, 9.17) is 9.84 Å². The molecule has 66 valence electrons. The van der Waals surface area contributed by atoms with E-state index in [0.717, 1.165) is 0 Å². The lowest BCUT2D eigenvalue weighted by Gasteiger charge is -2.08. The van der Waals surface area contributed by atoms with Gasteiger partial charge in [0.05, 0.1) is 0 Å². The molecule has 0 radical (unpaired) electrons. The molecule has 1 aromatic carbocycles. The molecule has 0 saturated carbocycles. The second kappa shape index (κ2) is 4.72. The summed E-state index contributed by atoms with van der Waals surface area (Å²) in [5.74, 6) is 0.644. The number of hydrogen-bond donors (Lipinski definition) is 1. The van der Waals surface area contributed by atoms with E-state index in [9.17, 15) is 4.39 Å². The Morgan fingerprint density at radius 1 is 1.33 bits per heavy atom. The summed E-state index contributed by atoms with van der Waals surface area (Å²) in [6, 6.07) is 9.00. The van der Waals surface area contributed by atoms with Crippen LogP contribution in [0.1, 0.15) is 0 Å². The Balaban J connectivity index is 2.33. The number of hydrogen-bond acceptors (Lipinski definition) is 2. The van der Waals surface area contributed by atoms with Crippen LogP contribution >= 0.6 is 0 Å². The van der Waals surface area contributed by atoms with Crippen molar-refractivity contribution >= 4 is 0 Å². The molecule has 0 aliphatic heterocycles. The summed E-state index contributed by atoms with van der Waals surface area (Å²) in [5, 5.41) is 8.82. The summed E-state index contributed by atoms with van der Waals surface area (Å²) < 4.78 is 16.8. The van der Waals surface area contributed by atoms with Crippen molar-refractivity contribution in [1.29, 1.82) is 0 Å². The molecule has 0 heterocycles. The predicted molar refractivity (Wildman–Crippen MR) is 43.9 cm³/mol. The Labute approximate surface area is 70.6 Å². The zero-order valence-corrected chi connectivity index (χ0v) is 6.61. The zero-order chi connectivity index (χ0) is 8.81. The molecule has 1 N–H and O–H groups in total. The molecule has 12 heavy (non-hydrogen) atoms. The number of para-hydroxylation sites is 1. The van der Waals surface area contributed by atoms with Gasteiger partial charge in [-0.1, -0.05) is 18.2 Å². The van der Waals surface area contributed by atoms with Gasteiger partial charge in [-0.25, -0.2) is 4.39 Å². The Morgan fingerprint density at radius 3 is 2.58 bits per heavy atom. The fourth-order valence-electron chi connectivity index (χ4n) is 0.754. The molecule has 0 spiro atoms. The Kier molecular flexibility index (Phi) is 3.54. The van der Waals surface area contributed by atoms with Crippen LogP contribution in [0.15, 0.2) is 30.3 Å². The minimum absolute atomic E-state index is 0.000509. The van der Waals surface area contributed by atoms with Crippen molar-refractivity contribution in [3.05, 3.63) is 30.3 Å². The molecule has 0 aromatic heterocycles. The van der Waals surface area contributed by atoms with Crippen LogP contribution in [0.2, 0.25) is 0 Å². The van der Waals surface area contributed by atoms with Gasteiger partial charge in [0.2, 0.25) is 0 Å². The molecule has 0 fully saturated rings. The molecule has 0 aliphatic rings. The molecule has 0 aliphatic carbocycles. The van der Waals surface area contributed by atoms with Crippen molar-refractivity contribution in [3.8, 4) is 5.75 Å². The fourth-order valence-corrected chi connectivity index (χ4v) is 0.754. The highest BCUT2D eigenvalue weighted by molar-refractivity contribution is 5.20. The van der Waals surface area contributed by atoms with E-state index in [0.29, 0.717) is 5.75 Å². The summed E-state index contributed by atoms with van der Waals surface area (Å²) in [4.78, 5) is 0. The van der Waals surface area contributed by atoms with Gasteiger partial charge in [0.25, 0.3) is 0 Å². The first-order valence-corrected chi connectivity index (χ1v) is 3.75. The molecular formula is C9H11FO2. The van der Waals surface area contributed by atoms with Crippen LogP contribution in [0, 0.1) is 0 Å².